The lowest BCUT2D eigenvalue weighted by Gasteiger charge is -2.57. The van der Waals surface area contributed by atoms with Gasteiger partial charge in [0.05, 0.1) is 5.76 Å². The number of allylic oxidation sites excluding steroid dienone is 3. The maximum absolute atomic E-state index is 10.7. The fraction of sp³-hybridized carbons (Fsp3) is 0.810. The largest absolute Gasteiger partial charge is 0.512 e. The molecule has 0 heterocycles. The Balaban J connectivity index is 1.70. The number of aliphatic hydroxyl groups is 1. The molecule has 0 aromatic carbocycles. The number of hydrogen-bond acceptors (Lipinski definition) is 1. The smallest absolute Gasteiger partial charge is 0.0988 e. The van der Waals surface area contributed by atoms with Crippen LogP contribution in [-0.4, -0.2) is 5.11 Å². The minimum absolute atomic E-state index is 0.0349. The lowest BCUT2D eigenvalue weighted by Crippen LogP contribution is -2.50. The lowest BCUT2D eigenvalue weighted by molar-refractivity contribution is -0.0469. The van der Waals surface area contributed by atoms with Crippen LogP contribution in [-0.2, 0) is 0 Å². The fourth-order valence-electron chi connectivity index (χ4n) is 7.20. The van der Waals surface area contributed by atoms with Crippen LogP contribution in [0.25, 0.3) is 0 Å². The molecule has 0 spiro atoms. The van der Waals surface area contributed by atoms with Gasteiger partial charge < -0.3 is 5.11 Å². The number of rotatable bonds is 1. The van der Waals surface area contributed by atoms with Crippen LogP contribution >= 0.6 is 0 Å². The van der Waals surface area contributed by atoms with E-state index in [9.17, 15) is 5.11 Å². The summed E-state index contributed by atoms with van der Waals surface area (Å²) in [6.45, 7) is 7.33. The Kier molecular flexibility index (Phi) is 3.30. The van der Waals surface area contributed by atoms with E-state index in [1.165, 1.54) is 44.9 Å². The first-order valence-corrected chi connectivity index (χ1v) is 9.61. The summed E-state index contributed by atoms with van der Waals surface area (Å²) in [7, 11) is 0. The molecule has 0 unspecified atom stereocenters. The summed E-state index contributed by atoms with van der Waals surface area (Å²) in [6.07, 6.45) is 15.0. The van der Waals surface area contributed by atoms with Crippen LogP contribution in [0.4, 0.5) is 0 Å². The van der Waals surface area contributed by atoms with Gasteiger partial charge in [-0.3, -0.25) is 0 Å². The van der Waals surface area contributed by atoms with E-state index in [0.29, 0.717) is 17.1 Å². The number of aliphatic hydroxyl groups excluding tert-OH is 1. The molecule has 1 heteroatoms. The molecule has 0 saturated heterocycles. The molecule has 22 heavy (non-hydrogen) atoms. The van der Waals surface area contributed by atoms with E-state index in [1.54, 1.807) is 5.57 Å². The molecule has 4 aliphatic rings. The molecule has 3 saturated carbocycles. The maximum Gasteiger partial charge on any atom is 0.0988 e. The average Bonchev–Trinajstić information content (AvgIpc) is 2.85. The van der Waals surface area contributed by atoms with E-state index in [4.69, 9.17) is 0 Å². The van der Waals surface area contributed by atoms with E-state index in [1.807, 2.05) is 0 Å². The predicted molar refractivity (Wildman–Crippen MR) is 91.6 cm³/mol. The lowest BCUT2D eigenvalue weighted by atomic mass is 9.47. The molecule has 0 radical (unpaired) electrons. The molecule has 0 aromatic heterocycles. The molecule has 0 aromatic rings. The third-order valence-electron chi connectivity index (χ3n) is 8.49. The normalized spacial score (nSPS) is 50.5. The van der Waals surface area contributed by atoms with Crippen LogP contribution in [0.3, 0.4) is 0 Å². The molecular weight excluding hydrogens is 268 g/mol. The Morgan fingerprint density at radius 2 is 1.91 bits per heavy atom. The van der Waals surface area contributed by atoms with Crippen molar-refractivity contribution in [3.8, 4) is 0 Å². The highest BCUT2D eigenvalue weighted by Gasteiger charge is 2.59. The molecule has 0 amide bonds. The molecule has 3 fully saturated rings. The second kappa shape index (κ2) is 4.89. The van der Waals surface area contributed by atoms with E-state index >= 15 is 0 Å². The average molecular weight is 300 g/mol. The van der Waals surface area contributed by atoms with Crippen molar-refractivity contribution in [2.24, 2.45) is 34.5 Å². The van der Waals surface area contributed by atoms with Crippen molar-refractivity contribution in [3.63, 3.8) is 0 Å². The van der Waals surface area contributed by atoms with Gasteiger partial charge in [-0.15, -0.1) is 0 Å². The van der Waals surface area contributed by atoms with Gasteiger partial charge >= 0.3 is 0 Å². The van der Waals surface area contributed by atoms with Gasteiger partial charge in [0.25, 0.3) is 0 Å². The second-order valence-corrected chi connectivity index (χ2v) is 8.90. The molecular formula is C21H32O. The van der Waals surface area contributed by atoms with Crippen LogP contribution in [0.15, 0.2) is 23.5 Å². The summed E-state index contributed by atoms with van der Waals surface area (Å²) in [4.78, 5) is 0. The monoisotopic (exact) mass is 300 g/mol. The van der Waals surface area contributed by atoms with Gasteiger partial charge in [0, 0.05) is 5.41 Å². The molecule has 4 rings (SSSR count). The Hall–Kier alpha value is -0.720. The predicted octanol–water partition coefficient (Wildman–Crippen LogP) is 6.03. The Labute approximate surface area is 135 Å². The third kappa shape index (κ3) is 1.72. The molecule has 1 N–H and O–H groups in total. The SMILES string of the molecule is CC[C@H]1CC[C@H]2[C@@H]3CCC4=CCC=C(O)[C@]4(C)[C@H]3CC[C@]12C. The molecule has 122 valence electrons. The van der Waals surface area contributed by atoms with Gasteiger partial charge in [0.15, 0.2) is 0 Å². The standard InChI is InChI=1S/C21H32O/c1-4-14-9-11-17-16-10-8-15-6-5-7-19(22)21(15,3)18(16)12-13-20(14,17)2/h6-7,14,16-18,22H,4-5,8-13H2,1-3H3/t14-,16-,17-,18-,20+,21-/m0/s1. The van der Waals surface area contributed by atoms with Crippen molar-refractivity contribution in [2.75, 3.05) is 0 Å². The summed E-state index contributed by atoms with van der Waals surface area (Å²) < 4.78 is 0. The van der Waals surface area contributed by atoms with Gasteiger partial charge in [-0.2, -0.15) is 0 Å². The highest BCUT2D eigenvalue weighted by atomic mass is 16.3. The molecule has 0 aliphatic heterocycles. The van der Waals surface area contributed by atoms with Gasteiger partial charge in [-0.05, 0) is 87.0 Å². The van der Waals surface area contributed by atoms with Crippen LogP contribution in [0.1, 0.15) is 72.1 Å². The minimum atomic E-state index is -0.0349. The summed E-state index contributed by atoms with van der Waals surface area (Å²) in [5.41, 5.74) is 2.09. The van der Waals surface area contributed by atoms with Crippen LogP contribution in [0.5, 0.6) is 0 Å². The highest BCUT2D eigenvalue weighted by Crippen LogP contribution is 2.67. The van der Waals surface area contributed by atoms with Gasteiger partial charge in [-0.1, -0.05) is 31.9 Å². The second-order valence-electron chi connectivity index (χ2n) is 8.90. The number of hydrogen-bond donors (Lipinski definition) is 1. The van der Waals surface area contributed by atoms with Crippen LogP contribution in [0, 0.1) is 34.5 Å². The molecule has 0 bridgehead atoms. The van der Waals surface area contributed by atoms with Crippen molar-refractivity contribution in [1.82, 2.24) is 0 Å². The van der Waals surface area contributed by atoms with Gasteiger partial charge in [-0.25, -0.2) is 0 Å². The Bertz CT molecular complexity index is 530. The summed E-state index contributed by atoms with van der Waals surface area (Å²) in [5.74, 6) is 4.06. The zero-order chi connectivity index (χ0) is 15.5. The first-order valence-electron chi connectivity index (χ1n) is 9.61. The fourth-order valence-corrected chi connectivity index (χ4v) is 7.20. The first kappa shape index (κ1) is 14.8. The minimum Gasteiger partial charge on any atom is -0.512 e. The molecule has 4 aliphatic carbocycles. The maximum atomic E-state index is 10.7. The van der Waals surface area contributed by atoms with E-state index < -0.39 is 0 Å². The quantitative estimate of drug-likeness (QED) is 0.586. The summed E-state index contributed by atoms with van der Waals surface area (Å²) >= 11 is 0. The zero-order valence-corrected chi connectivity index (χ0v) is 14.6. The molecule has 6 atom stereocenters. The van der Waals surface area contributed by atoms with Crippen LogP contribution < -0.4 is 0 Å². The first-order chi connectivity index (χ1) is 10.5. The van der Waals surface area contributed by atoms with E-state index in [0.717, 1.165) is 24.2 Å². The number of fused-ring (bicyclic) bond motifs is 5. The van der Waals surface area contributed by atoms with Crippen molar-refractivity contribution in [3.05, 3.63) is 23.5 Å². The highest BCUT2D eigenvalue weighted by molar-refractivity contribution is 5.34. The Morgan fingerprint density at radius 3 is 2.68 bits per heavy atom. The zero-order valence-electron chi connectivity index (χ0n) is 14.6. The Morgan fingerprint density at radius 1 is 1.09 bits per heavy atom. The molecule has 1 nitrogen and oxygen atoms in total. The van der Waals surface area contributed by atoms with Crippen molar-refractivity contribution < 1.29 is 5.11 Å². The van der Waals surface area contributed by atoms with Crippen molar-refractivity contribution in [1.29, 1.82) is 0 Å². The van der Waals surface area contributed by atoms with E-state index in [2.05, 4.69) is 32.9 Å². The third-order valence-corrected chi connectivity index (χ3v) is 8.49. The van der Waals surface area contributed by atoms with E-state index in [-0.39, 0.29) is 5.41 Å². The summed E-state index contributed by atoms with van der Waals surface area (Å²) in [5, 5.41) is 10.7. The van der Waals surface area contributed by atoms with Gasteiger partial charge in [0.2, 0.25) is 0 Å². The van der Waals surface area contributed by atoms with Crippen molar-refractivity contribution >= 4 is 0 Å². The topological polar surface area (TPSA) is 20.2 Å². The van der Waals surface area contributed by atoms with Crippen molar-refractivity contribution in [2.45, 2.75) is 72.1 Å². The van der Waals surface area contributed by atoms with Gasteiger partial charge in [0.1, 0.15) is 0 Å². The van der Waals surface area contributed by atoms with Crippen LogP contribution in [0.2, 0.25) is 0 Å². The summed E-state index contributed by atoms with van der Waals surface area (Å²) in [6, 6.07) is 0.